The van der Waals surface area contributed by atoms with Gasteiger partial charge in [-0.1, -0.05) is 128 Å². The van der Waals surface area contributed by atoms with E-state index in [0.29, 0.717) is 49.1 Å². The van der Waals surface area contributed by atoms with Gasteiger partial charge in [-0.3, -0.25) is 29.3 Å². The third-order valence-corrected chi connectivity index (χ3v) is 18.1. The summed E-state index contributed by atoms with van der Waals surface area (Å²) in [5.74, 6) is 3.32. The SMILES string of the molecule is CCCC[C@H](NC(=O)[C@H](Cc1ccccc1)NC(=O)CCC(=O)NCCCO[C@H]1CC[C@@]2(C)C(=CC[C@H]3[C@@H]4CC[C@H]([C@H](C)CCCC(C)C)[C@@]4(C)CC[C@@H]32)C1)C(=O)Nc1ccc(COC(=O)Oc2ccc([N+](=O)[O-])cc2)cc1. The van der Waals surface area contributed by atoms with Crippen LogP contribution < -0.4 is 26.0 Å². The van der Waals surface area contributed by atoms with Crippen LogP contribution in [0.2, 0.25) is 0 Å². The normalized spacial score (nSPS) is 24.4. The van der Waals surface area contributed by atoms with E-state index in [-0.39, 0.29) is 54.7 Å². The molecule has 3 saturated carbocycles. The Balaban J connectivity index is 0.824. The lowest BCUT2D eigenvalue weighted by Crippen LogP contribution is -2.53. The van der Waals surface area contributed by atoms with E-state index in [1.807, 2.05) is 37.3 Å². The highest BCUT2D eigenvalue weighted by Gasteiger charge is 2.59. The van der Waals surface area contributed by atoms with Crippen LogP contribution in [-0.4, -0.2) is 66.0 Å². The maximum Gasteiger partial charge on any atom is 0.514 e. The van der Waals surface area contributed by atoms with E-state index in [1.54, 1.807) is 29.8 Å². The molecule has 7 rings (SSSR count). The third-order valence-electron chi connectivity index (χ3n) is 18.1. The second-order valence-electron chi connectivity index (χ2n) is 23.8. The van der Waals surface area contributed by atoms with Gasteiger partial charge >= 0.3 is 6.16 Å². The van der Waals surface area contributed by atoms with Crippen LogP contribution in [0.4, 0.5) is 16.2 Å². The molecule has 0 aliphatic heterocycles. The van der Waals surface area contributed by atoms with Crippen LogP contribution in [0.3, 0.4) is 0 Å². The van der Waals surface area contributed by atoms with Crippen molar-refractivity contribution in [3.8, 4) is 5.75 Å². The molecule has 0 bridgehead atoms. The van der Waals surface area contributed by atoms with Gasteiger partial charge in [0.05, 0.1) is 11.0 Å². The second kappa shape index (κ2) is 28.2. The van der Waals surface area contributed by atoms with Gasteiger partial charge in [-0.15, -0.1) is 0 Å². The van der Waals surface area contributed by atoms with Crippen molar-refractivity contribution in [3.63, 3.8) is 0 Å². The summed E-state index contributed by atoms with van der Waals surface area (Å²) in [7, 11) is 0. The summed E-state index contributed by atoms with van der Waals surface area (Å²) in [6, 6.07) is 18.9. The second-order valence-corrected chi connectivity index (χ2v) is 23.8. The van der Waals surface area contributed by atoms with E-state index in [9.17, 15) is 34.1 Å². The van der Waals surface area contributed by atoms with Gasteiger partial charge in [0.25, 0.3) is 5.69 Å². The summed E-state index contributed by atoms with van der Waals surface area (Å²) < 4.78 is 16.7. The predicted octanol–water partition coefficient (Wildman–Crippen LogP) is 12.4. The van der Waals surface area contributed by atoms with Crippen molar-refractivity contribution in [2.24, 2.45) is 46.3 Å². The number of allylic oxidation sites excluding steroid dienone is 1. The van der Waals surface area contributed by atoms with Crippen molar-refractivity contribution >= 4 is 41.2 Å². The van der Waals surface area contributed by atoms with Crippen LogP contribution in [0.15, 0.2) is 90.5 Å². The minimum absolute atomic E-state index is 0.0411. The zero-order chi connectivity index (χ0) is 55.8. The Morgan fingerprint density at radius 3 is 2.22 bits per heavy atom. The molecule has 3 aromatic carbocycles. The van der Waals surface area contributed by atoms with Crippen LogP contribution in [0.5, 0.6) is 5.75 Å². The number of benzene rings is 3. The topological polar surface area (TPSA) is 204 Å². The fraction of sp³-hybridized carbons (Fsp3) is 0.603. The first-order valence-corrected chi connectivity index (χ1v) is 29.2. The Labute approximate surface area is 462 Å². The molecule has 0 heterocycles. The number of unbranched alkanes of at least 4 members (excludes halogenated alkanes) is 1. The molecular weight excluding hydrogens is 987 g/mol. The van der Waals surface area contributed by atoms with Crippen molar-refractivity contribution in [2.75, 3.05) is 18.5 Å². The van der Waals surface area contributed by atoms with Gasteiger partial charge in [0.2, 0.25) is 23.6 Å². The van der Waals surface area contributed by atoms with Crippen LogP contribution in [-0.2, 0) is 41.7 Å². The summed E-state index contributed by atoms with van der Waals surface area (Å²) in [5.41, 5.74) is 4.09. The number of anilines is 1. The molecule has 3 aromatic rings. The number of nitro benzene ring substituents is 1. The molecular formula is C63H87N5O10. The van der Waals surface area contributed by atoms with E-state index in [0.717, 1.165) is 60.3 Å². The fourth-order valence-corrected chi connectivity index (χ4v) is 13.8. The van der Waals surface area contributed by atoms with Crippen molar-refractivity contribution in [2.45, 2.75) is 182 Å². The highest BCUT2D eigenvalue weighted by molar-refractivity contribution is 5.98. The average molecular weight is 1070 g/mol. The third kappa shape index (κ3) is 16.0. The molecule has 0 unspecified atom stereocenters. The lowest BCUT2D eigenvalue weighted by molar-refractivity contribution is -0.384. The molecule has 78 heavy (non-hydrogen) atoms. The van der Waals surface area contributed by atoms with Gasteiger partial charge in [0.15, 0.2) is 0 Å². The zero-order valence-corrected chi connectivity index (χ0v) is 47.2. The molecule has 0 radical (unpaired) electrons. The Hall–Kier alpha value is -6.09. The number of ether oxygens (including phenoxy) is 3. The number of amides is 4. The zero-order valence-electron chi connectivity index (χ0n) is 47.2. The number of hydrogen-bond donors (Lipinski definition) is 4. The molecule has 0 saturated heterocycles. The number of nitrogens with one attached hydrogen (secondary N) is 4. The predicted molar refractivity (Wildman–Crippen MR) is 302 cm³/mol. The Morgan fingerprint density at radius 2 is 1.50 bits per heavy atom. The minimum atomic E-state index is -1.01. The molecule has 15 heteroatoms. The van der Waals surface area contributed by atoms with E-state index >= 15 is 0 Å². The van der Waals surface area contributed by atoms with Crippen molar-refractivity contribution in [1.82, 2.24) is 16.0 Å². The molecule has 3 fully saturated rings. The van der Waals surface area contributed by atoms with Gasteiger partial charge < -0.3 is 35.5 Å². The highest BCUT2D eigenvalue weighted by Crippen LogP contribution is 2.67. The van der Waals surface area contributed by atoms with Crippen LogP contribution in [0.25, 0.3) is 0 Å². The summed E-state index contributed by atoms with van der Waals surface area (Å²) in [6.45, 7) is 15.3. The van der Waals surface area contributed by atoms with Gasteiger partial charge in [0, 0.05) is 50.2 Å². The smallest absolute Gasteiger partial charge is 0.429 e. The van der Waals surface area contributed by atoms with E-state index in [1.165, 1.54) is 82.1 Å². The molecule has 0 aromatic heterocycles. The first kappa shape index (κ1) is 59.6. The number of non-ortho nitro benzene ring substituents is 1. The fourth-order valence-electron chi connectivity index (χ4n) is 13.8. The van der Waals surface area contributed by atoms with Crippen LogP contribution in [0, 0.1) is 56.5 Å². The summed E-state index contributed by atoms with van der Waals surface area (Å²) in [6.07, 6.45) is 18.4. The number of rotatable bonds is 27. The maximum atomic E-state index is 14.0. The standard InChI is InChI=1S/C63H87N5O10/c1-7-8-18-55(59(71)65-47-22-19-45(20-23-47)41-77-61(73)78-49-26-24-48(25-27-49)68(74)75)67-60(72)56(39-44-16-10-9-11-17-44)66-58(70)32-31-57(69)64-37-13-38-76-50-33-35-62(5)46(40-50)21-28-51-53-30-29-52(43(4)15-12-14-42(2)3)63(53,6)36-34-54(51)62/h9-11,16-17,19-27,42-43,50-56H,7-8,12-15,18,28-41H2,1-6H3,(H,64,69)(H,65,71)(H,66,70)(H,67,72)/t43-,50+,51+,52-,53+,54+,55+,56+,62+,63-/m1/s1. The molecule has 4 amide bonds. The molecule has 4 aliphatic rings. The maximum absolute atomic E-state index is 14.0. The van der Waals surface area contributed by atoms with Crippen LogP contribution in [0.1, 0.15) is 162 Å². The number of fused-ring (bicyclic) bond motifs is 5. The van der Waals surface area contributed by atoms with E-state index in [4.69, 9.17) is 14.2 Å². The lowest BCUT2D eigenvalue weighted by atomic mass is 9.47. The summed E-state index contributed by atoms with van der Waals surface area (Å²) >= 11 is 0. The minimum Gasteiger partial charge on any atom is -0.429 e. The Morgan fingerprint density at radius 1 is 0.756 bits per heavy atom. The monoisotopic (exact) mass is 1070 g/mol. The molecule has 10 atom stereocenters. The van der Waals surface area contributed by atoms with E-state index in [2.05, 4.69) is 62.0 Å². The highest BCUT2D eigenvalue weighted by atomic mass is 16.7. The quantitative estimate of drug-likeness (QED) is 0.0142. The molecule has 4 aliphatic carbocycles. The first-order valence-electron chi connectivity index (χ1n) is 29.2. The molecule has 0 spiro atoms. The van der Waals surface area contributed by atoms with Crippen LogP contribution >= 0.6 is 0 Å². The lowest BCUT2D eigenvalue weighted by Gasteiger charge is -2.58. The van der Waals surface area contributed by atoms with Gasteiger partial charge in [-0.2, -0.15) is 0 Å². The molecule has 15 nitrogen and oxygen atoms in total. The summed E-state index contributed by atoms with van der Waals surface area (Å²) in [4.78, 5) is 76.5. The number of nitro groups is 1. The number of hydrogen-bond acceptors (Lipinski definition) is 10. The van der Waals surface area contributed by atoms with Crippen molar-refractivity contribution in [1.29, 1.82) is 0 Å². The van der Waals surface area contributed by atoms with Gasteiger partial charge in [0.1, 0.15) is 24.4 Å². The number of carbonyl (C=O) groups excluding carboxylic acids is 5. The van der Waals surface area contributed by atoms with Crippen molar-refractivity contribution < 1.29 is 43.1 Å². The number of carbonyl (C=O) groups is 5. The van der Waals surface area contributed by atoms with Gasteiger partial charge in [-0.05, 0) is 146 Å². The van der Waals surface area contributed by atoms with Gasteiger partial charge in [-0.25, -0.2) is 4.79 Å². The first-order chi connectivity index (χ1) is 37.4. The summed E-state index contributed by atoms with van der Waals surface area (Å²) in [5, 5.41) is 22.4. The largest absolute Gasteiger partial charge is 0.514 e. The average Bonchev–Trinajstić information content (AvgIpc) is 4.01. The molecule has 4 N–H and O–H groups in total. The van der Waals surface area contributed by atoms with E-state index < -0.39 is 40.9 Å². The number of nitrogens with zero attached hydrogens (tertiary/aromatic N) is 1. The molecule has 424 valence electrons. The Kier molecular flexibility index (Phi) is 21.5. The Bertz CT molecular complexity index is 2520. The van der Waals surface area contributed by atoms with Crippen molar-refractivity contribution in [3.05, 3.63) is 112 Å².